The molecular weight excluding hydrogens is 336 g/mol. The lowest BCUT2D eigenvalue weighted by molar-refractivity contribution is -0.115. The number of carboxylic acids is 1. The molecule has 8 heteroatoms. The topological polar surface area (TPSA) is 99.0 Å². The SMILES string of the molecule is O=C1NC(=Nc2ccc(O)c(C(=O)O)c2)S/C1=C/c1cccs1. The van der Waals surface area contributed by atoms with Crippen molar-refractivity contribution in [3.63, 3.8) is 0 Å². The molecule has 1 aromatic heterocycles. The van der Waals surface area contributed by atoms with E-state index in [4.69, 9.17) is 5.11 Å². The van der Waals surface area contributed by atoms with E-state index in [-0.39, 0.29) is 17.2 Å². The Bertz CT molecular complexity index is 841. The normalized spacial score (nSPS) is 17.7. The number of phenols is 1. The summed E-state index contributed by atoms with van der Waals surface area (Å²) in [7, 11) is 0. The van der Waals surface area contributed by atoms with Gasteiger partial charge in [0.2, 0.25) is 0 Å². The van der Waals surface area contributed by atoms with E-state index in [9.17, 15) is 14.7 Å². The highest BCUT2D eigenvalue weighted by molar-refractivity contribution is 8.18. The summed E-state index contributed by atoms with van der Waals surface area (Å²) in [5, 5.41) is 23.4. The fraction of sp³-hybridized carbons (Fsp3) is 0. The van der Waals surface area contributed by atoms with E-state index in [1.807, 2.05) is 17.5 Å². The van der Waals surface area contributed by atoms with Crippen molar-refractivity contribution in [3.8, 4) is 5.75 Å². The van der Waals surface area contributed by atoms with Gasteiger partial charge in [-0.2, -0.15) is 0 Å². The molecule has 2 heterocycles. The van der Waals surface area contributed by atoms with Crippen molar-refractivity contribution >= 4 is 51.9 Å². The number of carboxylic acid groups (broad SMARTS) is 1. The fourth-order valence-corrected chi connectivity index (χ4v) is 3.43. The molecule has 23 heavy (non-hydrogen) atoms. The first-order chi connectivity index (χ1) is 11.0. The molecule has 0 unspecified atom stereocenters. The maximum absolute atomic E-state index is 11.9. The molecule has 0 saturated carbocycles. The largest absolute Gasteiger partial charge is 0.507 e. The zero-order valence-corrected chi connectivity index (χ0v) is 13.1. The Morgan fingerprint density at radius 1 is 1.30 bits per heavy atom. The fourth-order valence-electron chi connectivity index (χ4n) is 1.87. The average Bonchev–Trinajstić information content (AvgIpc) is 3.12. The second-order valence-electron chi connectivity index (χ2n) is 4.50. The van der Waals surface area contributed by atoms with E-state index in [0.29, 0.717) is 15.8 Å². The van der Waals surface area contributed by atoms with Crippen LogP contribution in [-0.4, -0.2) is 27.3 Å². The summed E-state index contributed by atoms with van der Waals surface area (Å²) in [6.45, 7) is 0. The number of thioether (sulfide) groups is 1. The predicted octanol–water partition coefficient (Wildman–Crippen LogP) is 3.04. The van der Waals surface area contributed by atoms with Gasteiger partial charge >= 0.3 is 5.97 Å². The number of carbonyl (C=O) groups excluding carboxylic acids is 1. The van der Waals surface area contributed by atoms with Gasteiger partial charge in [-0.15, -0.1) is 11.3 Å². The van der Waals surface area contributed by atoms with Gasteiger partial charge in [-0.3, -0.25) is 4.79 Å². The third-order valence-corrected chi connectivity index (χ3v) is 4.64. The summed E-state index contributed by atoms with van der Waals surface area (Å²) in [5.41, 5.74) is 0.0934. The van der Waals surface area contributed by atoms with Crippen molar-refractivity contribution in [1.82, 2.24) is 5.32 Å². The van der Waals surface area contributed by atoms with E-state index in [1.54, 1.807) is 6.08 Å². The molecule has 1 aromatic carbocycles. The Hall–Kier alpha value is -2.58. The minimum atomic E-state index is -1.24. The number of nitrogens with one attached hydrogen (secondary N) is 1. The summed E-state index contributed by atoms with van der Waals surface area (Å²) in [6, 6.07) is 7.78. The van der Waals surface area contributed by atoms with Gasteiger partial charge in [0.1, 0.15) is 11.3 Å². The number of amidine groups is 1. The van der Waals surface area contributed by atoms with E-state index in [1.165, 1.54) is 41.3 Å². The van der Waals surface area contributed by atoms with Crippen LogP contribution in [-0.2, 0) is 4.79 Å². The van der Waals surface area contributed by atoms with Gasteiger partial charge in [0.15, 0.2) is 5.17 Å². The number of aromatic carboxylic acids is 1. The third-order valence-electron chi connectivity index (χ3n) is 2.91. The van der Waals surface area contributed by atoms with Crippen LogP contribution < -0.4 is 5.32 Å². The van der Waals surface area contributed by atoms with Gasteiger partial charge in [-0.25, -0.2) is 9.79 Å². The highest BCUT2D eigenvalue weighted by Gasteiger charge is 2.24. The first kappa shape index (κ1) is 15.3. The predicted molar refractivity (Wildman–Crippen MR) is 90.2 cm³/mol. The van der Waals surface area contributed by atoms with E-state index < -0.39 is 5.97 Å². The molecule has 116 valence electrons. The first-order valence-corrected chi connectivity index (χ1v) is 8.12. The van der Waals surface area contributed by atoms with Crippen molar-refractivity contribution in [2.45, 2.75) is 0 Å². The molecule has 1 saturated heterocycles. The van der Waals surface area contributed by atoms with Gasteiger partial charge in [0.25, 0.3) is 5.91 Å². The monoisotopic (exact) mass is 346 g/mol. The van der Waals surface area contributed by atoms with Gasteiger partial charge < -0.3 is 15.5 Å². The summed E-state index contributed by atoms with van der Waals surface area (Å²) in [4.78, 5) is 28.6. The maximum atomic E-state index is 11.9. The number of rotatable bonds is 3. The molecule has 0 radical (unpaired) electrons. The quantitative estimate of drug-likeness (QED) is 0.742. The lowest BCUT2D eigenvalue weighted by atomic mass is 10.2. The van der Waals surface area contributed by atoms with E-state index in [2.05, 4.69) is 10.3 Å². The maximum Gasteiger partial charge on any atom is 0.339 e. The van der Waals surface area contributed by atoms with E-state index >= 15 is 0 Å². The Morgan fingerprint density at radius 2 is 2.13 bits per heavy atom. The van der Waals surface area contributed by atoms with Crippen molar-refractivity contribution in [2.75, 3.05) is 0 Å². The minimum Gasteiger partial charge on any atom is -0.507 e. The Morgan fingerprint density at radius 3 is 2.83 bits per heavy atom. The molecule has 0 bridgehead atoms. The van der Waals surface area contributed by atoms with Crippen molar-refractivity contribution in [3.05, 3.63) is 51.1 Å². The molecule has 3 rings (SSSR count). The molecule has 3 N–H and O–H groups in total. The smallest absolute Gasteiger partial charge is 0.339 e. The standard InChI is InChI=1S/C15H10N2O4S2/c18-11-4-3-8(6-10(11)14(20)21)16-15-17-13(19)12(23-15)7-9-2-1-5-22-9/h1-7,18H,(H,20,21)(H,16,17,19)/b12-7+. The number of hydrogen-bond acceptors (Lipinski definition) is 6. The first-order valence-electron chi connectivity index (χ1n) is 6.42. The van der Waals surface area contributed by atoms with Crippen LogP contribution in [0.5, 0.6) is 5.75 Å². The third kappa shape index (κ3) is 3.43. The molecule has 2 aromatic rings. The van der Waals surface area contributed by atoms with Crippen molar-refractivity contribution in [2.24, 2.45) is 4.99 Å². The van der Waals surface area contributed by atoms with Crippen LogP contribution in [0.15, 0.2) is 45.6 Å². The molecule has 0 spiro atoms. The lowest BCUT2D eigenvalue weighted by Crippen LogP contribution is -2.19. The number of amides is 1. The summed E-state index contributed by atoms with van der Waals surface area (Å²) in [5.74, 6) is -1.83. The zero-order valence-electron chi connectivity index (χ0n) is 11.5. The van der Waals surface area contributed by atoms with Gasteiger partial charge in [-0.1, -0.05) is 6.07 Å². The van der Waals surface area contributed by atoms with Gasteiger partial charge in [-0.05, 0) is 47.5 Å². The summed E-state index contributed by atoms with van der Waals surface area (Å²) >= 11 is 2.70. The van der Waals surface area contributed by atoms with E-state index in [0.717, 1.165) is 4.88 Å². The lowest BCUT2D eigenvalue weighted by Gasteiger charge is -2.01. The summed E-state index contributed by atoms with van der Waals surface area (Å²) in [6.07, 6.45) is 1.77. The average molecular weight is 346 g/mol. The number of carbonyl (C=O) groups is 2. The molecule has 0 atom stereocenters. The second kappa shape index (κ2) is 6.27. The Kier molecular flexibility index (Phi) is 4.18. The van der Waals surface area contributed by atoms with Crippen LogP contribution in [0.3, 0.4) is 0 Å². The van der Waals surface area contributed by atoms with Crippen LogP contribution >= 0.6 is 23.1 Å². The molecular formula is C15H10N2O4S2. The molecule has 1 fully saturated rings. The zero-order chi connectivity index (χ0) is 16.4. The van der Waals surface area contributed by atoms with Crippen LogP contribution in [0.4, 0.5) is 5.69 Å². The molecule has 6 nitrogen and oxygen atoms in total. The number of thiophene rings is 1. The van der Waals surface area contributed by atoms with Gasteiger partial charge in [0.05, 0.1) is 10.6 Å². The number of aliphatic imine (C=N–C) groups is 1. The Balaban J connectivity index is 1.86. The number of nitrogens with zero attached hydrogens (tertiary/aromatic N) is 1. The van der Waals surface area contributed by atoms with Crippen LogP contribution in [0, 0.1) is 0 Å². The van der Waals surface area contributed by atoms with Crippen molar-refractivity contribution in [1.29, 1.82) is 0 Å². The number of benzene rings is 1. The molecule has 0 aliphatic carbocycles. The number of aromatic hydroxyl groups is 1. The van der Waals surface area contributed by atoms with Crippen LogP contribution in [0.2, 0.25) is 0 Å². The van der Waals surface area contributed by atoms with Crippen LogP contribution in [0.25, 0.3) is 6.08 Å². The minimum absolute atomic E-state index is 0.240. The highest BCUT2D eigenvalue weighted by atomic mass is 32.2. The van der Waals surface area contributed by atoms with Crippen LogP contribution in [0.1, 0.15) is 15.2 Å². The second-order valence-corrected chi connectivity index (χ2v) is 6.51. The summed E-state index contributed by atoms with van der Waals surface area (Å²) < 4.78 is 0. The highest BCUT2D eigenvalue weighted by Crippen LogP contribution is 2.30. The number of hydrogen-bond donors (Lipinski definition) is 3. The molecule has 1 aliphatic heterocycles. The van der Waals surface area contributed by atoms with Gasteiger partial charge in [0, 0.05) is 4.88 Å². The Labute approximate surface area is 139 Å². The molecule has 1 amide bonds. The molecule has 1 aliphatic rings. The van der Waals surface area contributed by atoms with Crippen molar-refractivity contribution < 1.29 is 19.8 Å².